The van der Waals surface area contributed by atoms with Crippen LogP contribution >= 0.6 is 0 Å². The molecule has 0 radical (unpaired) electrons. The van der Waals surface area contributed by atoms with Crippen molar-refractivity contribution in [3.8, 4) is 6.07 Å². The summed E-state index contributed by atoms with van der Waals surface area (Å²) in [5.41, 5.74) is 2.68. The standard InChI is InChI=1S/C16H24N4/c1-4-13-14(9-17)16(20-19-15(13)5-2)18-10-12-7-6-11(3)8-12/h11-12H,4-8,10H2,1-3H3,(H,18,20). The molecule has 2 unspecified atom stereocenters. The number of anilines is 1. The van der Waals surface area contributed by atoms with Crippen molar-refractivity contribution >= 4 is 5.82 Å². The van der Waals surface area contributed by atoms with Crippen molar-refractivity contribution < 1.29 is 0 Å². The van der Waals surface area contributed by atoms with Crippen LogP contribution in [0.1, 0.15) is 56.9 Å². The third-order valence-electron chi connectivity index (χ3n) is 4.32. The zero-order chi connectivity index (χ0) is 14.5. The van der Waals surface area contributed by atoms with Crippen LogP contribution in [0.25, 0.3) is 0 Å². The minimum Gasteiger partial charge on any atom is -0.367 e. The molecule has 0 aromatic carbocycles. The molecule has 1 aliphatic carbocycles. The third-order valence-corrected chi connectivity index (χ3v) is 4.32. The highest BCUT2D eigenvalue weighted by Gasteiger charge is 2.22. The zero-order valence-electron chi connectivity index (χ0n) is 12.7. The normalized spacial score (nSPS) is 21.7. The molecule has 0 saturated heterocycles. The van der Waals surface area contributed by atoms with Crippen LogP contribution in [0.4, 0.5) is 5.82 Å². The van der Waals surface area contributed by atoms with Gasteiger partial charge in [-0.3, -0.25) is 0 Å². The van der Waals surface area contributed by atoms with E-state index >= 15 is 0 Å². The zero-order valence-corrected chi connectivity index (χ0v) is 12.7. The van der Waals surface area contributed by atoms with E-state index in [4.69, 9.17) is 0 Å². The molecule has 20 heavy (non-hydrogen) atoms. The van der Waals surface area contributed by atoms with E-state index in [1.807, 2.05) is 0 Å². The quantitative estimate of drug-likeness (QED) is 0.893. The molecular formula is C16H24N4. The third kappa shape index (κ3) is 3.09. The Morgan fingerprint density at radius 2 is 2.05 bits per heavy atom. The van der Waals surface area contributed by atoms with Gasteiger partial charge in [0.1, 0.15) is 11.6 Å². The lowest BCUT2D eigenvalue weighted by atomic mass is 10.0. The second-order valence-electron chi connectivity index (χ2n) is 5.83. The second-order valence-corrected chi connectivity index (χ2v) is 5.83. The summed E-state index contributed by atoms with van der Waals surface area (Å²) in [5.74, 6) is 2.20. The molecule has 1 aliphatic rings. The number of hydrogen-bond donors (Lipinski definition) is 1. The Hall–Kier alpha value is -1.63. The summed E-state index contributed by atoms with van der Waals surface area (Å²) in [6.07, 6.45) is 5.52. The maximum absolute atomic E-state index is 9.43. The molecule has 1 fully saturated rings. The van der Waals surface area contributed by atoms with Crippen LogP contribution in [-0.4, -0.2) is 16.7 Å². The Bertz CT molecular complexity index is 504. The average Bonchev–Trinajstić information content (AvgIpc) is 2.89. The Morgan fingerprint density at radius 1 is 1.25 bits per heavy atom. The van der Waals surface area contributed by atoms with Gasteiger partial charge >= 0.3 is 0 Å². The predicted molar refractivity (Wildman–Crippen MR) is 80.5 cm³/mol. The van der Waals surface area contributed by atoms with E-state index in [1.54, 1.807) is 0 Å². The Kier molecular flexibility index (Phi) is 4.94. The van der Waals surface area contributed by atoms with Crippen molar-refractivity contribution in [3.05, 3.63) is 16.8 Å². The maximum atomic E-state index is 9.43. The van der Waals surface area contributed by atoms with Crippen LogP contribution < -0.4 is 5.32 Å². The molecule has 1 aromatic heterocycles. The van der Waals surface area contributed by atoms with Gasteiger partial charge in [0.2, 0.25) is 0 Å². The number of aryl methyl sites for hydroxylation is 1. The molecule has 4 heteroatoms. The maximum Gasteiger partial charge on any atom is 0.166 e. The molecule has 1 saturated carbocycles. The van der Waals surface area contributed by atoms with E-state index in [9.17, 15) is 5.26 Å². The first-order valence-electron chi connectivity index (χ1n) is 7.71. The van der Waals surface area contributed by atoms with E-state index in [0.29, 0.717) is 17.3 Å². The topological polar surface area (TPSA) is 61.6 Å². The molecule has 4 nitrogen and oxygen atoms in total. The van der Waals surface area contributed by atoms with Gasteiger partial charge in [0.25, 0.3) is 0 Å². The molecule has 1 heterocycles. The summed E-state index contributed by atoms with van der Waals surface area (Å²) >= 11 is 0. The Labute approximate surface area is 121 Å². The van der Waals surface area contributed by atoms with Crippen molar-refractivity contribution in [2.75, 3.05) is 11.9 Å². The summed E-state index contributed by atoms with van der Waals surface area (Å²) in [4.78, 5) is 0. The number of aromatic nitrogens is 2. The minimum absolute atomic E-state index is 0.668. The number of nitriles is 1. The first kappa shape index (κ1) is 14.8. The van der Waals surface area contributed by atoms with Gasteiger partial charge in [-0.25, -0.2) is 0 Å². The van der Waals surface area contributed by atoms with Gasteiger partial charge in [0.05, 0.1) is 5.69 Å². The van der Waals surface area contributed by atoms with Crippen LogP contribution in [-0.2, 0) is 12.8 Å². The van der Waals surface area contributed by atoms with Gasteiger partial charge in [-0.15, -0.1) is 5.10 Å². The number of nitrogens with zero attached hydrogens (tertiary/aromatic N) is 3. The fourth-order valence-corrected chi connectivity index (χ4v) is 3.17. The van der Waals surface area contributed by atoms with Crippen molar-refractivity contribution in [1.82, 2.24) is 10.2 Å². The highest BCUT2D eigenvalue weighted by Crippen LogP contribution is 2.30. The first-order chi connectivity index (χ1) is 9.69. The Morgan fingerprint density at radius 3 is 2.60 bits per heavy atom. The lowest BCUT2D eigenvalue weighted by Gasteiger charge is -2.14. The van der Waals surface area contributed by atoms with E-state index in [2.05, 4.69) is 42.4 Å². The first-order valence-corrected chi connectivity index (χ1v) is 7.71. The summed E-state index contributed by atoms with van der Waals surface area (Å²) in [6.45, 7) is 7.34. The lowest BCUT2D eigenvalue weighted by Crippen LogP contribution is -2.15. The molecular weight excluding hydrogens is 248 g/mol. The highest BCUT2D eigenvalue weighted by molar-refractivity contribution is 5.56. The molecule has 2 rings (SSSR count). The summed E-state index contributed by atoms with van der Waals surface area (Å²) in [6, 6.07) is 2.31. The van der Waals surface area contributed by atoms with Crippen LogP contribution in [0.2, 0.25) is 0 Å². The molecule has 0 spiro atoms. The van der Waals surface area contributed by atoms with Gasteiger partial charge in [0, 0.05) is 6.54 Å². The van der Waals surface area contributed by atoms with E-state index < -0.39 is 0 Å². The van der Waals surface area contributed by atoms with Crippen molar-refractivity contribution in [2.45, 2.75) is 52.9 Å². The van der Waals surface area contributed by atoms with Crippen molar-refractivity contribution in [3.63, 3.8) is 0 Å². The van der Waals surface area contributed by atoms with Crippen LogP contribution in [0.3, 0.4) is 0 Å². The van der Waals surface area contributed by atoms with E-state index in [1.165, 1.54) is 19.3 Å². The van der Waals surface area contributed by atoms with Gasteiger partial charge in [0.15, 0.2) is 5.82 Å². The molecule has 0 amide bonds. The monoisotopic (exact) mass is 272 g/mol. The van der Waals surface area contributed by atoms with Crippen LogP contribution in [0.5, 0.6) is 0 Å². The summed E-state index contributed by atoms with van der Waals surface area (Å²) < 4.78 is 0. The molecule has 0 bridgehead atoms. The van der Waals surface area contributed by atoms with Gasteiger partial charge in [-0.05, 0) is 43.1 Å². The molecule has 108 valence electrons. The number of hydrogen-bond acceptors (Lipinski definition) is 4. The summed E-state index contributed by atoms with van der Waals surface area (Å²) in [5, 5.41) is 21.3. The largest absolute Gasteiger partial charge is 0.367 e. The molecule has 1 aromatic rings. The molecule has 1 N–H and O–H groups in total. The average molecular weight is 272 g/mol. The number of nitrogens with one attached hydrogen (secondary N) is 1. The van der Waals surface area contributed by atoms with E-state index in [-0.39, 0.29) is 0 Å². The van der Waals surface area contributed by atoms with Crippen LogP contribution in [0, 0.1) is 23.2 Å². The second kappa shape index (κ2) is 6.69. The Balaban J connectivity index is 2.13. The van der Waals surface area contributed by atoms with Crippen molar-refractivity contribution in [2.24, 2.45) is 11.8 Å². The van der Waals surface area contributed by atoms with Gasteiger partial charge in [-0.2, -0.15) is 10.4 Å². The molecule has 0 aliphatic heterocycles. The lowest BCUT2D eigenvalue weighted by molar-refractivity contribution is 0.536. The minimum atomic E-state index is 0.668. The fourth-order valence-electron chi connectivity index (χ4n) is 3.17. The van der Waals surface area contributed by atoms with Crippen molar-refractivity contribution in [1.29, 1.82) is 5.26 Å². The predicted octanol–water partition coefficient (Wildman–Crippen LogP) is 3.32. The van der Waals surface area contributed by atoms with E-state index in [0.717, 1.165) is 36.6 Å². The number of rotatable bonds is 5. The van der Waals surface area contributed by atoms with Crippen LogP contribution in [0.15, 0.2) is 0 Å². The highest BCUT2D eigenvalue weighted by atomic mass is 15.2. The fraction of sp³-hybridized carbons (Fsp3) is 0.688. The van der Waals surface area contributed by atoms with Gasteiger partial charge in [-0.1, -0.05) is 27.2 Å². The SMILES string of the molecule is CCc1nnc(NCC2CCC(C)C2)c(C#N)c1CC. The summed E-state index contributed by atoms with van der Waals surface area (Å²) in [7, 11) is 0. The molecule has 2 atom stereocenters. The van der Waals surface area contributed by atoms with Gasteiger partial charge < -0.3 is 5.32 Å². The smallest absolute Gasteiger partial charge is 0.166 e.